The normalized spacial score (nSPS) is 11.0. The molecule has 3 heterocycles. The van der Waals surface area contributed by atoms with Gasteiger partial charge >= 0.3 is 0 Å². The molecule has 0 aliphatic heterocycles. The van der Waals surface area contributed by atoms with Crippen LogP contribution in [-0.2, 0) is 11.8 Å². The van der Waals surface area contributed by atoms with Crippen LogP contribution in [0.4, 0.5) is 5.88 Å². The van der Waals surface area contributed by atoms with Crippen molar-refractivity contribution < 1.29 is 13.7 Å². The van der Waals surface area contributed by atoms with Gasteiger partial charge in [0.15, 0.2) is 11.0 Å². The number of hydrogen-bond donors (Lipinski definition) is 1. The van der Waals surface area contributed by atoms with Crippen LogP contribution in [0.3, 0.4) is 0 Å². The molecule has 0 bridgehead atoms. The number of furan rings is 1. The zero-order chi connectivity index (χ0) is 20.4. The number of carbonyl (C=O) groups is 1. The van der Waals surface area contributed by atoms with Crippen LogP contribution in [0.1, 0.15) is 11.3 Å². The van der Waals surface area contributed by atoms with Crippen LogP contribution in [0.25, 0.3) is 22.6 Å². The number of nitrogens with one attached hydrogen (secondary N) is 1. The zero-order valence-electron chi connectivity index (χ0n) is 16.2. The van der Waals surface area contributed by atoms with Crippen molar-refractivity contribution >= 4 is 23.6 Å². The Labute approximate surface area is 171 Å². The van der Waals surface area contributed by atoms with Gasteiger partial charge in [0.25, 0.3) is 0 Å². The molecule has 4 rings (SSSR count). The predicted molar refractivity (Wildman–Crippen MR) is 109 cm³/mol. The van der Waals surface area contributed by atoms with Gasteiger partial charge in [-0.05, 0) is 19.9 Å². The lowest BCUT2D eigenvalue weighted by Crippen LogP contribution is -2.14. The Balaban J connectivity index is 1.37. The molecule has 0 spiro atoms. The Morgan fingerprint density at radius 3 is 2.69 bits per heavy atom. The molecule has 0 saturated carbocycles. The van der Waals surface area contributed by atoms with Crippen molar-refractivity contribution in [3.05, 3.63) is 54.0 Å². The number of amides is 1. The van der Waals surface area contributed by atoms with Gasteiger partial charge < -0.3 is 13.5 Å². The standard InChI is InChI=1S/C20H19N5O3S/c1-12-4-6-14(7-5-12)16-10-18(28-24-16)21-17(26)11-29-20-23-22-19(25(20)3)15-8-9-27-13(15)2/h4-10H,11H2,1-3H3,(H,21,26). The quantitative estimate of drug-likeness (QED) is 0.479. The van der Waals surface area contributed by atoms with Crippen molar-refractivity contribution in [1.29, 1.82) is 0 Å². The number of rotatable bonds is 6. The highest BCUT2D eigenvalue weighted by Gasteiger charge is 2.16. The fraction of sp³-hybridized carbons (Fsp3) is 0.200. The Morgan fingerprint density at radius 2 is 1.97 bits per heavy atom. The highest BCUT2D eigenvalue weighted by Crippen LogP contribution is 2.26. The minimum atomic E-state index is -0.217. The maximum Gasteiger partial charge on any atom is 0.237 e. The third kappa shape index (κ3) is 4.09. The van der Waals surface area contributed by atoms with E-state index in [0.29, 0.717) is 22.6 Å². The van der Waals surface area contributed by atoms with Crippen LogP contribution >= 0.6 is 11.8 Å². The molecule has 1 aromatic carbocycles. The molecule has 0 aliphatic carbocycles. The minimum absolute atomic E-state index is 0.164. The van der Waals surface area contributed by atoms with Crippen LogP contribution in [-0.4, -0.2) is 31.6 Å². The lowest BCUT2D eigenvalue weighted by molar-refractivity contribution is -0.113. The third-order valence-electron chi connectivity index (χ3n) is 4.39. The number of nitrogens with zero attached hydrogens (tertiary/aromatic N) is 4. The lowest BCUT2D eigenvalue weighted by atomic mass is 10.1. The summed E-state index contributed by atoms with van der Waals surface area (Å²) in [4.78, 5) is 12.3. The Kier molecular flexibility index (Phi) is 5.22. The summed E-state index contributed by atoms with van der Waals surface area (Å²) in [5.41, 5.74) is 3.64. The fourth-order valence-corrected chi connectivity index (χ4v) is 3.50. The Bertz CT molecular complexity index is 1140. The third-order valence-corrected chi connectivity index (χ3v) is 5.41. The Hall–Kier alpha value is -3.33. The zero-order valence-corrected chi connectivity index (χ0v) is 17.0. The second-order valence-electron chi connectivity index (χ2n) is 6.53. The van der Waals surface area contributed by atoms with Crippen LogP contribution in [0.5, 0.6) is 0 Å². The van der Waals surface area contributed by atoms with E-state index >= 15 is 0 Å². The number of aromatic nitrogens is 4. The van der Waals surface area contributed by atoms with Crippen LogP contribution in [0.2, 0.25) is 0 Å². The van der Waals surface area contributed by atoms with Crippen LogP contribution < -0.4 is 5.32 Å². The molecule has 0 unspecified atom stereocenters. The van der Waals surface area contributed by atoms with E-state index in [1.54, 1.807) is 12.3 Å². The van der Waals surface area contributed by atoms with E-state index in [1.165, 1.54) is 11.8 Å². The van der Waals surface area contributed by atoms with Gasteiger partial charge in [-0.1, -0.05) is 46.7 Å². The average molecular weight is 409 g/mol. The second kappa shape index (κ2) is 7.96. The number of carbonyl (C=O) groups excluding carboxylic acids is 1. The SMILES string of the molecule is Cc1ccc(-c2cc(NC(=O)CSc3nnc(-c4ccoc4C)n3C)on2)cc1. The number of aryl methyl sites for hydroxylation is 2. The molecule has 0 radical (unpaired) electrons. The molecule has 0 atom stereocenters. The summed E-state index contributed by atoms with van der Waals surface area (Å²) in [6, 6.07) is 11.5. The highest BCUT2D eigenvalue weighted by molar-refractivity contribution is 7.99. The summed E-state index contributed by atoms with van der Waals surface area (Å²) in [6.45, 7) is 3.89. The van der Waals surface area contributed by atoms with E-state index in [1.807, 2.05) is 55.8 Å². The van der Waals surface area contributed by atoms with Crippen molar-refractivity contribution in [3.8, 4) is 22.6 Å². The van der Waals surface area contributed by atoms with E-state index in [0.717, 1.165) is 22.5 Å². The smallest absolute Gasteiger partial charge is 0.237 e. The second-order valence-corrected chi connectivity index (χ2v) is 7.48. The van der Waals surface area contributed by atoms with Crippen molar-refractivity contribution in [3.63, 3.8) is 0 Å². The topological polar surface area (TPSA) is 99.0 Å². The maximum absolute atomic E-state index is 12.3. The summed E-state index contributed by atoms with van der Waals surface area (Å²) in [5.74, 6) is 1.71. The minimum Gasteiger partial charge on any atom is -0.469 e. The van der Waals surface area contributed by atoms with Gasteiger partial charge in [0.05, 0.1) is 17.6 Å². The van der Waals surface area contributed by atoms with Gasteiger partial charge in [-0.25, -0.2) is 0 Å². The first kappa shape index (κ1) is 19.0. The van der Waals surface area contributed by atoms with Gasteiger partial charge in [-0.3, -0.25) is 10.1 Å². The fourth-order valence-electron chi connectivity index (χ4n) is 2.79. The summed E-state index contributed by atoms with van der Waals surface area (Å²) >= 11 is 1.29. The van der Waals surface area contributed by atoms with Gasteiger partial charge in [0, 0.05) is 18.7 Å². The van der Waals surface area contributed by atoms with E-state index in [9.17, 15) is 4.79 Å². The van der Waals surface area contributed by atoms with E-state index in [2.05, 4.69) is 20.7 Å². The molecule has 29 heavy (non-hydrogen) atoms. The highest BCUT2D eigenvalue weighted by atomic mass is 32.2. The number of benzene rings is 1. The molecular formula is C20H19N5O3S. The molecule has 0 aliphatic rings. The van der Waals surface area contributed by atoms with Gasteiger partial charge in [-0.15, -0.1) is 10.2 Å². The first-order chi connectivity index (χ1) is 14.0. The van der Waals surface area contributed by atoms with E-state index < -0.39 is 0 Å². The van der Waals surface area contributed by atoms with Gasteiger partial charge in [0.1, 0.15) is 11.5 Å². The summed E-state index contributed by atoms with van der Waals surface area (Å²) in [7, 11) is 1.85. The van der Waals surface area contributed by atoms with Gasteiger partial charge in [-0.2, -0.15) is 0 Å². The molecule has 4 aromatic rings. The van der Waals surface area contributed by atoms with Crippen molar-refractivity contribution in [2.75, 3.05) is 11.1 Å². The maximum atomic E-state index is 12.3. The lowest BCUT2D eigenvalue weighted by Gasteiger charge is -2.03. The molecule has 9 heteroatoms. The average Bonchev–Trinajstić information content (AvgIpc) is 3.42. The first-order valence-electron chi connectivity index (χ1n) is 8.91. The predicted octanol–water partition coefficient (Wildman–Crippen LogP) is 4.08. The molecule has 1 N–H and O–H groups in total. The summed E-state index contributed by atoms with van der Waals surface area (Å²) in [6.07, 6.45) is 1.61. The van der Waals surface area contributed by atoms with E-state index in [-0.39, 0.29) is 11.7 Å². The first-order valence-corrected chi connectivity index (χ1v) is 9.90. The van der Waals surface area contributed by atoms with Crippen LogP contribution in [0, 0.1) is 13.8 Å². The molecular weight excluding hydrogens is 390 g/mol. The monoisotopic (exact) mass is 409 g/mol. The number of anilines is 1. The van der Waals surface area contributed by atoms with Crippen molar-refractivity contribution in [2.24, 2.45) is 7.05 Å². The van der Waals surface area contributed by atoms with Crippen molar-refractivity contribution in [1.82, 2.24) is 19.9 Å². The van der Waals surface area contributed by atoms with E-state index in [4.69, 9.17) is 8.94 Å². The number of hydrogen-bond acceptors (Lipinski definition) is 7. The summed E-state index contributed by atoms with van der Waals surface area (Å²) < 4.78 is 12.4. The molecule has 1 amide bonds. The molecule has 8 nitrogen and oxygen atoms in total. The molecule has 148 valence electrons. The van der Waals surface area contributed by atoms with Crippen LogP contribution in [0.15, 0.2) is 56.8 Å². The van der Waals surface area contributed by atoms with Crippen molar-refractivity contribution in [2.45, 2.75) is 19.0 Å². The Morgan fingerprint density at radius 1 is 1.17 bits per heavy atom. The van der Waals surface area contributed by atoms with Gasteiger partial charge in [0.2, 0.25) is 11.8 Å². The molecule has 0 saturated heterocycles. The summed E-state index contributed by atoms with van der Waals surface area (Å²) in [5, 5.41) is 15.7. The molecule has 3 aromatic heterocycles. The largest absolute Gasteiger partial charge is 0.469 e. The molecule has 0 fully saturated rings. The number of thioether (sulfide) groups is 1.